The minimum atomic E-state index is -1.64. The van der Waals surface area contributed by atoms with E-state index in [-0.39, 0.29) is 79.9 Å². The Morgan fingerprint density at radius 1 is 0.589 bits per heavy atom. The number of fused-ring (bicyclic) bond motifs is 4. The molecule has 124 heavy (non-hydrogen) atoms. The molecule has 1 saturated heterocycles. The van der Waals surface area contributed by atoms with Crippen LogP contribution < -0.4 is 56.6 Å². The number of unbranched alkanes of at least 4 members (excludes halogenated alkanes) is 5. The van der Waals surface area contributed by atoms with E-state index >= 15 is 0 Å². The van der Waals surface area contributed by atoms with E-state index in [0.717, 1.165) is 41.7 Å². The van der Waals surface area contributed by atoms with Crippen molar-refractivity contribution in [3.05, 3.63) is 95.3 Å². The van der Waals surface area contributed by atoms with Crippen molar-refractivity contribution in [2.45, 2.75) is 244 Å². The highest BCUT2D eigenvalue weighted by atomic mass is 16.6. The summed E-state index contributed by atoms with van der Waals surface area (Å²) in [7, 11) is 3.01. The number of hydrogen-bond acceptors (Lipinski definition) is 24. The molecule has 6 aliphatic rings. The van der Waals surface area contributed by atoms with Crippen molar-refractivity contribution in [3.8, 4) is 23.0 Å². The van der Waals surface area contributed by atoms with Gasteiger partial charge in [0.15, 0.2) is 29.2 Å². The third-order valence-electron chi connectivity index (χ3n) is 23.9. The van der Waals surface area contributed by atoms with Crippen molar-refractivity contribution in [2.75, 3.05) is 143 Å². The molecule has 7 amide bonds. The summed E-state index contributed by atoms with van der Waals surface area (Å²) in [5.74, 6) is 0.539. The molecule has 5 heterocycles. The Hall–Kier alpha value is -8.76. The minimum absolute atomic E-state index is 0.0575. The van der Waals surface area contributed by atoms with Crippen LogP contribution in [0.1, 0.15) is 224 Å². The normalized spacial score (nSPS) is 20.2. The van der Waals surface area contributed by atoms with Gasteiger partial charge in [0.2, 0.25) is 29.5 Å². The molecule has 3 aromatic carbocycles. The van der Waals surface area contributed by atoms with Gasteiger partial charge in [0, 0.05) is 112 Å². The predicted octanol–water partition coefficient (Wildman–Crippen LogP) is 12.3. The van der Waals surface area contributed by atoms with E-state index in [1.807, 2.05) is 18.7 Å². The number of nitrogens with two attached hydrogens (primary N) is 2. The molecule has 9 N–H and O–H groups in total. The molecular weight excluding hydrogens is 1590 g/mol. The molecule has 1 aliphatic carbocycles. The van der Waals surface area contributed by atoms with Gasteiger partial charge in [-0.2, -0.15) is 0 Å². The number of carbonyl (C=O) groups is 7. The first kappa shape index (κ1) is 99.0. The van der Waals surface area contributed by atoms with Crippen molar-refractivity contribution in [1.29, 1.82) is 0 Å². The molecule has 2 fully saturated rings. The maximum absolute atomic E-state index is 14.5. The van der Waals surface area contributed by atoms with Gasteiger partial charge in [-0.15, -0.1) is 0 Å². The summed E-state index contributed by atoms with van der Waals surface area (Å²) in [5, 5.41) is 23.5. The molecule has 0 aromatic heterocycles. The van der Waals surface area contributed by atoms with Gasteiger partial charge in [-0.05, 0) is 114 Å². The highest BCUT2D eigenvalue weighted by Crippen LogP contribution is 2.49. The van der Waals surface area contributed by atoms with Crippen LogP contribution >= 0.6 is 0 Å². The Balaban J connectivity index is 0.564. The lowest BCUT2D eigenvalue weighted by Crippen LogP contribution is -2.64. The van der Waals surface area contributed by atoms with Crippen molar-refractivity contribution in [1.82, 2.24) is 30.7 Å². The lowest BCUT2D eigenvalue weighted by molar-refractivity contribution is -0.132. The van der Waals surface area contributed by atoms with Crippen molar-refractivity contribution in [3.63, 3.8) is 0 Å². The fraction of sp³-hybridized carbons (Fsp3) is 0.656. The van der Waals surface area contributed by atoms with Gasteiger partial charge in [0.25, 0.3) is 5.91 Å². The number of nitrogens with one attached hydrogen (secondary N) is 4. The number of carbonyl (C=O) groups excluding carboxylic acids is 7. The average Bonchev–Trinajstić information content (AvgIpc) is 1.58. The fourth-order valence-electron chi connectivity index (χ4n) is 16.9. The number of aliphatic hydroxyl groups excluding tert-OH is 1. The molecule has 3 aromatic rings. The van der Waals surface area contributed by atoms with Gasteiger partial charge < -0.3 is 104 Å². The lowest BCUT2D eigenvalue weighted by atomic mass is 9.74. The number of ether oxygens (including phenoxy) is 12. The molecule has 0 bridgehead atoms. The number of likely N-dealkylation sites (tertiary alicyclic amines) is 1. The Labute approximate surface area is 733 Å². The van der Waals surface area contributed by atoms with Crippen LogP contribution in [0.2, 0.25) is 0 Å². The van der Waals surface area contributed by atoms with Crippen LogP contribution in [0.5, 0.6) is 23.0 Å². The summed E-state index contributed by atoms with van der Waals surface area (Å²) in [6.45, 7) is 25.1. The highest BCUT2D eigenvalue weighted by molar-refractivity contribution is 6.05. The Morgan fingerprint density at radius 2 is 1.10 bits per heavy atom. The summed E-state index contributed by atoms with van der Waals surface area (Å²) in [6, 6.07) is 11.3. The van der Waals surface area contributed by atoms with Crippen molar-refractivity contribution >= 4 is 70.5 Å². The zero-order chi connectivity index (χ0) is 89.0. The molecule has 0 radical (unpaired) electrons. The van der Waals surface area contributed by atoms with Crippen LogP contribution in [0.4, 0.5) is 21.9 Å². The standard InChI is InChI=1S/C93H141N11O20/c1-65(2)85(100-83(106)35-42-115-38-24-19-20-25-39-116-44-46-118-48-50-120-52-53-121-51-49-119-47-45-117-43-36-96-82(105)34-37-101-84(107)56-75(91(101,7)8)71-28-22-17-15-13-11-12-14-16-18-23-29-71)87(109)98-68(5)86(108)99-72-32-30-70(31-33-72)63-124-90(112)104-77-58-81(78(113-9)54-73(77)69(6)102-61-67(4)60-93(102,95)89(104)111)123-41-27-21-26-40-122-80-57-76-74(55-79(80)114-10)88(110)103-62-66(3)59-92(103,94)64-97-76/h30-33,54-55,57-58,61-62,64-65,68,71,75,85,89,111H,6,11-29,34-53,56,59-60,63,94-95H2,1-5,7-10H3,(H,96,105)(H,98,109)(H,99,108)(H,100,106)/t68-,75?,85?,89-,92-,93-/m0/s1. The summed E-state index contributed by atoms with van der Waals surface area (Å²) < 4.78 is 69.4. The topological polar surface area (TPSA) is 376 Å². The monoisotopic (exact) mass is 1730 g/mol. The summed E-state index contributed by atoms with van der Waals surface area (Å²) >= 11 is 0. The van der Waals surface area contributed by atoms with Gasteiger partial charge in [0.1, 0.15) is 30.0 Å². The maximum atomic E-state index is 14.5. The summed E-state index contributed by atoms with van der Waals surface area (Å²) in [4.78, 5) is 105. The molecule has 31 nitrogen and oxygen atoms in total. The second-order valence-electron chi connectivity index (χ2n) is 34.3. The second kappa shape index (κ2) is 50.5. The largest absolute Gasteiger partial charge is 0.493 e. The number of hydrogen-bond donors (Lipinski definition) is 7. The van der Waals surface area contributed by atoms with Crippen LogP contribution in [0.15, 0.2) is 83.6 Å². The second-order valence-corrected chi connectivity index (χ2v) is 34.3. The van der Waals surface area contributed by atoms with Crippen LogP contribution in [0.25, 0.3) is 5.70 Å². The molecule has 0 spiro atoms. The van der Waals surface area contributed by atoms with Crippen LogP contribution in [0, 0.1) is 17.8 Å². The van der Waals surface area contributed by atoms with E-state index in [4.69, 9.17) is 68.3 Å². The molecule has 688 valence electrons. The zero-order valence-corrected chi connectivity index (χ0v) is 75.0. The van der Waals surface area contributed by atoms with E-state index in [1.165, 1.54) is 96.2 Å². The van der Waals surface area contributed by atoms with Gasteiger partial charge in [-0.3, -0.25) is 38.7 Å². The fourth-order valence-corrected chi connectivity index (χ4v) is 16.9. The summed E-state index contributed by atoms with van der Waals surface area (Å²) in [5.41, 5.74) is 15.4. The highest BCUT2D eigenvalue weighted by Gasteiger charge is 2.53. The first-order valence-electron chi connectivity index (χ1n) is 45.0. The minimum Gasteiger partial charge on any atom is -0.493 e. The predicted molar refractivity (Wildman–Crippen MR) is 474 cm³/mol. The van der Waals surface area contributed by atoms with Gasteiger partial charge in [0.05, 0.1) is 124 Å². The number of nitrogens with zero attached hydrogens (tertiary/aromatic N) is 5. The number of benzene rings is 3. The lowest BCUT2D eigenvalue weighted by Gasteiger charge is -2.41. The molecule has 31 heteroatoms. The molecular formula is C93H141N11O20. The van der Waals surface area contributed by atoms with Crippen molar-refractivity contribution in [2.24, 2.45) is 34.2 Å². The quantitative estimate of drug-likeness (QED) is 0.0258. The van der Waals surface area contributed by atoms with Gasteiger partial charge in [-0.25, -0.2) is 9.69 Å². The van der Waals surface area contributed by atoms with Crippen LogP contribution in [-0.2, 0) is 68.5 Å². The zero-order valence-electron chi connectivity index (χ0n) is 75.0. The van der Waals surface area contributed by atoms with E-state index in [2.05, 4.69) is 46.7 Å². The van der Waals surface area contributed by atoms with Crippen LogP contribution in [-0.4, -0.2) is 236 Å². The number of anilines is 2. The maximum Gasteiger partial charge on any atom is 0.416 e. The van der Waals surface area contributed by atoms with Crippen molar-refractivity contribution < 1.29 is 95.5 Å². The number of aliphatic hydroxyl groups is 1. The first-order valence-corrected chi connectivity index (χ1v) is 45.0. The van der Waals surface area contributed by atoms with Gasteiger partial charge in [-0.1, -0.05) is 134 Å². The van der Waals surface area contributed by atoms with E-state index < -0.39 is 47.5 Å². The SMILES string of the molecule is C=C1c2cc(OC)c(OCCCCCOc3cc4c(cc3OC)C(=O)N3C=C(C)C[C@@]3(N)C=N4)cc2N(C(=O)OCc2ccc(NC(=O)[C@H](C)NC(=O)C(NC(=O)CCOCCCCCCOCCOCCOCCOCCOCCOCCNC(=O)CCN3C(=O)CC(C4CCCCCCCCCCCC4)C3(C)C)C(C)C)cc2)[C@@H](O)[C@]2(N)CC(C)=CN12. The number of aliphatic imine (C=N–C) groups is 1. The number of methoxy groups -OCH3 is 2. The Morgan fingerprint density at radius 3 is 1.69 bits per heavy atom. The summed E-state index contributed by atoms with van der Waals surface area (Å²) in [6.07, 6.45) is 25.3. The molecule has 9 rings (SSSR count). The van der Waals surface area contributed by atoms with E-state index in [0.29, 0.717) is 206 Å². The first-order chi connectivity index (χ1) is 59.8. The molecule has 1 saturated carbocycles. The molecule has 5 aliphatic heterocycles. The third-order valence-corrected chi connectivity index (χ3v) is 23.9. The Kier molecular flexibility index (Phi) is 40.4. The molecule has 6 atom stereocenters. The molecule has 2 unspecified atom stereocenters. The van der Waals surface area contributed by atoms with E-state index in [9.17, 15) is 38.7 Å². The average molecular weight is 1730 g/mol. The number of rotatable bonds is 50. The van der Waals surface area contributed by atoms with Gasteiger partial charge >= 0.3 is 6.09 Å². The Bertz CT molecular complexity index is 4030. The smallest absolute Gasteiger partial charge is 0.416 e. The van der Waals surface area contributed by atoms with E-state index in [1.54, 1.807) is 92.8 Å². The third kappa shape index (κ3) is 29.1. The van der Waals surface area contributed by atoms with Crippen LogP contribution in [0.3, 0.4) is 0 Å². The number of amides is 7.